The summed E-state index contributed by atoms with van der Waals surface area (Å²) in [7, 11) is 0. The molecule has 4 nitrogen and oxygen atoms in total. The first-order valence-corrected chi connectivity index (χ1v) is 9.34. The Hall–Kier alpha value is -2.20. The van der Waals surface area contributed by atoms with Crippen LogP contribution in [0.1, 0.15) is 53.3 Å². The van der Waals surface area contributed by atoms with Gasteiger partial charge in [0.25, 0.3) is 5.91 Å². The van der Waals surface area contributed by atoms with Crippen LogP contribution in [-0.4, -0.2) is 40.3 Å². The predicted octanol–water partition coefficient (Wildman–Crippen LogP) is 3.65. The molecule has 2 fully saturated rings. The Labute approximate surface area is 149 Å². The molecule has 25 heavy (non-hydrogen) atoms. The number of hydrogen-bond acceptors (Lipinski definition) is 3. The number of nitrogens with zero attached hydrogens (tertiary/aromatic N) is 3. The molecule has 2 saturated heterocycles. The summed E-state index contributed by atoms with van der Waals surface area (Å²) in [6, 6.07) is 14.2. The molecule has 2 aliphatic rings. The Morgan fingerprint density at radius 2 is 1.92 bits per heavy atom. The zero-order chi connectivity index (χ0) is 17.1. The molecule has 2 aromatic rings. The van der Waals surface area contributed by atoms with Crippen molar-refractivity contribution in [2.24, 2.45) is 0 Å². The van der Waals surface area contributed by atoms with E-state index in [1.54, 1.807) is 0 Å². The summed E-state index contributed by atoms with van der Waals surface area (Å²) in [5.41, 5.74) is 3.04. The summed E-state index contributed by atoms with van der Waals surface area (Å²) < 4.78 is 0. The smallest absolute Gasteiger partial charge is 0.254 e. The van der Waals surface area contributed by atoms with Crippen molar-refractivity contribution in [1.29, 1.82) is 0 Å². The Kier molecular flexibility index (Phi) is 4.79. The van der Waals surface area contributed by atoms with Crippen molar-refractivity contribution in [3.05, 3.63) is 65.5 Å². The van der Waals surface area contributed by atoms with Gasteiger partial charge >= 0.3 is 0 Å². The fourth-order valence-corrected chi connectivity index (χ4v) is 4.06. The van der Waals surface area contributed by atoms with E-state index in [0.717, 1.165) is 37.2 Å². The van der Waals surface area contributed by atoms with Crippen molar-refractivity contribution in [1.82, 2.24) is 14.8 Å². The Morgan fingerprint density at radius 1 is 1.04 bits per heavy atom. The van der Waals surface area contributed by atoms with Crippen LogP contribution in [-0.2, 0) is 6.54 Å². The summed E-state index contributed by atoms with van der Waals surface area (Å²) in [5, 5.41) is 0. The molecule has 0 aliphatic carbocycles. The van der Waals surface area contributed by atoms with Gasteiger partial charge in [-0.3, -0.25) is 14.7 Å². The molecular formula is C21H25N3O. The van der Waals surface area contributed by atoms with Crippen LogP contribution in [0.2, 0.25) is 0 Å². The first-order chi connectivity index (χ1) is 12.3. The molecule has 2 aliphatic heterocycles. The molecule has 3 heterocycles. The molecule has 1 aromatic carbocycles. The fraction of sp³-hybridized carbons (Fsp3) is 0.429. The second kappa shape index (κ2) is 7.36. The third-order valence-electron chi connectivity index (χ3n) is 5.32. The SMILES string of the molecule is O=C(c1cccc(CN2CCCC2)c1)N1CCC[C@H]1c1ccccn1. The summed E-state index contributed by atoms with van der Waals surface area (Å²) in [6.07, 6.45) is 6.43. The van der Waals surface area contributed by atoms with E-state index in [0.29, 0.717) is 0 Å². The number of hydrogen-bond donors (Lipinski definition) is 0. The van der Waals surface area contributed by atoms with Crippen molar-refractivity contribution < 1.29 is 4.79 Å². The van der Waals surface area contributed by atoms with Crippen LogP contribution in [0, 0.1) is 0 Å². The van der Waals surface area contributed by atoms with Crippen molar-refractivity contribution in [2.45, 2.75) is 38.3 Å². The number of carbonyl (C=O) groups excluding carboxylic acids is 1. The number of benzene rings is 1. The van der Waals surface area contributed by atoms with Crippen LogP contribution in [0.5, 0.6) is 0 Å². The lowest BCUT2D eigenvalue weighted by molar-refractivity contribution is 0.0732. The van der Waals surface area contributed by atoms with Crippen molar-refractivity contribution in [3.8, 4) is 0 Å². The first-order valence-electron chi connectivity index (χ1n) is 9.34. The maximum Gasteiger partial charge on any atom is 0.254 e. The molecule has 1 atom stereocenters. The second-order valence-corrected chi connectivity index (χ2v) is 7.09. The number of carbonyl (C=O) groups is 1. The molecule has 0 saturated carbocycles. The highest BCUT2D eigenvalue weighted by atomic mass is 16.2. The minimum atomic E-state index is 0.107. The Morgan fingerprint density at radius 3 is 2.72 bits per heavy atom. The van der Waals surface area contributed by atoms with E-state index in [2.05, 4.69) is 22.0 Å². The number of amides is 1. The number of aromatic nitrogens is 1. The average Bonchev–Trinajstić information content (AvgIpc) is 3.34. The van der Waals surface area contributed by atoms with Gasteiger partial charge in [0, 0.05) is 24.8 Å². The van der Waals surface area contributed by atoms with Gasteiger partial charge in [-0.1, -0.05) is 18.2 Å². The highest BCUT2D eigenvalue weighted by Crippen LogP contribution is 2.32. The molecule has 130 valence electrons. The van der Waals surface area contributed by atoms with E-state index in [1.165, 1.54) is 31.5 Å². The van der Waals surface area contributed by atoms with Crippen LogP contribution >= 0.6 is 0 Å². The number of rotatable bonds is 4. The van der Waals surface area contributed by atoms with Gasteiger partial charge in [0.05, 0.1) is 11.7 Å². The van der Waals surface area contributed by atoms with Gasteiger partial charge < -0.3 is 4.90 Å². The maximum atomic E-state index is 13.1. The summed E-state index contributed by atoms with van der Waals surface area (Å²) in [5.74, 6) is 0.136. The lowest BCUT2D eigenvalue weighted by Gasteiger charge is -2.24. The molecule has 1 amide bonds. The molecule has 0 unspecified atom stereocenters. The number of likely N-dealkylation sites (tertiary alicyclic amines) is 2. The number of pyridine rings is 1. The van der Waals surface area contributed by atoms with Crippen molar-refractivity contribution >= 4 is 5.91 Å². The van der Waals surface area contributed by atoms with Crippen LogP contribution in [0.3, 0.4) is 0 Å². The van der Waals surface area contributed by atoms with Crippen LogP contribution in [0.4, 0.5) is 0 Å². The molecule has 4 heteroatoms. The van der Waals surface area contributed by atoms with Crippen LogP contribution in [0.15, 0.2) is 48.7 Å². The maximum absolute atomic E-state index is 13.1. The summed E-state index contributed by atoms with van der Waals surface area (Å²) >= 11 is 0. The molecule has 0 N–H and O–H groups in total. The Balaban J connectivity index is 1.51. The molecule has 0 bridgehead atoms. The molecule has 4 rings (SSSR count). The van der Waals surface area contributed by atoms with E-state index in [4.69, 9.17) is 0 Å². The summed E-state index contributed by atoms with van der Waals surface area (Å²) in [6.45, 7) is 4.11. The average molecular weight is 335 g/mol. The van der Waals surface area contributed by atoms with Gasteiger partial charge in [0.2, 0.25) is 0 Å². The van der Waals surface area contributed by atoms with Crippen molar-refractivity contribution in [3.63, 3.8) is 0 Å². The van der Waals surface area contributed by atoms with Gasteiger partial charge in [-0.15, -0.1) is 0 Å². The highest BCUT2D eigenvalue weighted by molar-refractivity contribution is 5.94. The molecular weight excluding hydrogens is 310 g/mol. The van der Waals surface area contributed by atoms with E-state index >= 15 is 0 Å². The lowest BCUT2D eigenvalue weighted by Crippen LogP contribution is -2.31. The molecule has 1 aromatic heterocycles. The normalized spacial score (nSPS) is 21.0. The predicted molar refractivity (Wildman–Crippen MR) is 98.2 cm³/mol. The Bertz CT molecular complexity index is 725. The third-order valence-corrected chi connectivity index (χ3v) is 5.32. The summed E-state index contributed by atoms with van der Waals surface area (Å²) in [4.78, 5) is 22.0. The lowest BCUT2D eigenvalue weighted by atomic mass is 10.1. The topological polar surface area (TPSA) is 36.4 Å². The fourth-order valence-electron chi connectivity index (χ4n) is 4.06. The monoisotopic (exact) mass is 335 g/mol. The highest BCUT2D eigenvalue weighted by Gasteiger charge is 2.31. The molecule has 0 spiro atoms. The standard InChI is InChI=1S/C21H25N3O/c25-21(24-14-6-10-20(24)19-9-1-2-11-22-19)18-8-5-7-17(15-18)16-23-12-3-4-13-23/h1-2,5,7-9,11,15,20H,3-4,6,10,12-14,16H2/t20-/m0/s1. The third kappa shape index (κ3) is 3.59. The van der Waals surface area contributed by atoms with E-state index in [1.807, 2.05) is 41.4 Å². The molecule has 0 radical (unpaired) electrons. The van der Waals surface area contributed by atoms with E-state index in [9.17, 15) is 4.79 Å². The van der Waals surface area contributed by atoms with Gasteiger partial charge in [0.15, 0.2) is 0 Å². The van der Waals surface area contributed by atoms with Gasteiger partial charge in [0.1, 0.15) is 0 Å². The second-order valence-electron chi connectivity index (χ2n) is 7.09. The first kappa shape index (κ1) is 16.3. The van der Waals surface area contributed by atoms with Crippen molar-refractivity contribution in [2.75, 3.05) is 19.6 Å². The minimum absolute atomic E-state index is 0.107. The van der Waals surface area contributed by atoms with E-state index in [-0.39, 0.29) is 11.9 Å². The van der Waals surface area contributed by atoms with E-state index < -0.39 is 0 Å². The van der Waals surface area contributed by atoms with Gasteiger partial charge in [-0.05, 0) is 68.6 Å². The largest absolute Gasteiger partial charge is 0.330 e. The van der Waals surface area contributed by atoms with Crippen LogP contribution < -0.4 is 0 Å². The zero-order valence-corrected chi connectivity index (χ0v) is 14.6. The minimum Gasteiger partial charge on any atom is -0.330 e. The van der Waals surface area contributed by atoms with Gasteiger partial charge in [-0.25, -0.2) is 0 Å². The van der Waals surface area contributed by atoms with Gasteiger partial charge in [-0.2, -0.15) is 0 Å². The van der Waals surface area contributed by atoms with Crippen LogP contribution in [0.25, 0.3) is 0 Å². The quantitative estimate of drug-likeness (QED) is 0.856. The zero-order valence-electron chi connectivity index (χ0n) is 14.6.